The molecule has 2 saturated carbocycles. The van der Waals surface area contributed by atoms with Crippen LogP contribution >= 0.6 is 0 Å². The number of amidine groups is 2. The lowest BCUT2D eigenvalue weighted by Gasteiger charge is -2.29. The van der Waals surface area contributed by atoms with Crippen molar-refractivity contribution in [1.29, 1.82) is 0 Å². The molecule has 30 nitrogen and oxygen atoms in total. The molecule has 30 heteroatoms. The SMILES string of the molecule is C.CC(N)=NCCCC(CCCN=C(N)N)c1cc2c(c(C(C)(C)C)c1)OCOc1c(cc(C(CCCN=C(N)N)CCCN=C(N)N)cc1C(C)(C)C)C=NC1CCCCC1N=C2.CC(N)=NCCCC(CCCN=C(N)N)c1cc2c(c(C(C)C)c1)OCOc1c(cc(C(CCCN=C(N)N)CCCN=C(N)N)cc1C(C)C)C=NC1CCCCC1N=C2. The Labute approximate surface area is 746 Å². The van der Waals surface area contributed by atoms with Gasteiger partial charge in [0.15, 0.2) is 35.8 Å². The molecule has 0 bridgehead atoms. The molecule has 2 aliphatic heterocycles. The predicted octanol–water partition coefficient (Wildman–Crippen LogP) is 13.0. The first-order chi connectivity index (χ1) is 59.1. The summed E-state index contributed by atoms with van der Waals surface area (Å²) < 4.78 is 27.2. The normalized spacial score (nSPS) is 17.1. The monoisotopic (exact) mass is 1730 g/mol. The second-order valence-electron chi connectivity index (χ2n) is 36.4. The lowest BCUT2D eigenvalue weighted by Crippen LogP contribution is -2.27. The second kappa shape index (κ2) is 52.3. The maximum absolute atomic E-state index is 6.85. The van der Waals surface area contributed by atoms with Crippen LogP contribution < -0.4 is 99.2 Å². The fraction of sp³-hybridized carbons (Fsp3) is 0.621. The third-order valence-electron chi connectivity index (χ3n) is 23.4. The minimum atomic E-state index is -0.271. The zero-order chi connectivity index (χ0) is 90.5. The van der Waals surface area contributed by atoms with Crippen molar-refractivity contribution in [2.24, 2.45) is 140 Å². The van der Waals surface area contributed by atoms with Crippen LogP contribution in [0.3, 0.4) is 0 Å². The van der Waals surface area contributed by atoms with Crippen molar-refractivity contribution in [3.8, 4) is 23.0 Å². The first kappa shape index (κ1) is 103. The number of hydrogen-bond donors (Lipinski definition) is 14. The molecule has 0 amide bonds. The van der Waals surface area contributed by atoms with E-state index in [2.05, 4.69) is 158 Å². The smallest absolute Gasteiger partial charge is 0.230 e. The number of guanidine groups is 6. The van der Waals surface area contributed by atoms with Crippen molar-refractivity contribution in [2.45, 2.75) is 315 Å². The fourth-order valence-corrected chi connectivity index (χ4v) is 16.9. The van der Waals surface area contributed by atoms with Crippen molar-refractivity contribution in [2.75, 3.05) is 65.9 Å². The Hall–Kier alpha value is -10.7. The van der Waals surface area contributed by atoms with Crippen molar-refractivity contribution in [1.82, 2.24) is 0 Å². The molecule has 6 unspecified atom stereocenters. The summed E-state index contributed by atoms with van der Waals surface area (Å²) in [5.41, 5.74) is 92.3. The third kappa shape index (κ3) is 35.3. The number of hydrogen-bond acceptors (Lipinski definition) is 16. The molecule has 0 saturated heterocycles. The Bertz CT molecular complexity index is 4010. The van der Waals surface area contributed by atoms with Gasteiger partial charge in [-0.15, -0.1) is 0 Å². The van der Waals surface area contributed by atoms with Gasteiger partial charge in [-0.05, 0) is 246 Å². The van der Waals surface area contributed by atoms with Gasteiger partial charge in [0.1, 0.15) is 23.0 Å². The van der Waals surface area contributed by atoms with E-state index in [0.717, 1.165) is 222 Å². The van der Waals surface area contributed by atoms with E-state index in [9.17, 15) is 0 Å². The molecule has 125 heavy (non-hydrogen) atoms. The van der Waals surface area contributed by atoms with Crippen molar-refractivity contribution in [3.63, 3.8) is 0 Å². The van der Waals surface area contributed by atoms with E-state index in [0.29, 0.717) is 64.0 Å². The van der Waals surface area contributed by atoms with E-state index in [-0.39, 0.29) is 127 Å². The van der Waals surface area contributed by atoms with Crippen LogP contribution in [-0.4, -0.2) is 162 Å². The quantitative estimate of drug-likeness (QED) is 0.0113. The minimum Gasteiger partial charge on any atom is -0.457 e. The highest BCUT2D eigenvalue weighted by atomic mass is 16.7. The van der Waals surface area contributed by atoms with E-state index < -0.39 is 0 Å². The van der Waals surface area contributed by atoms with Gasteiger partial charge in [0.25, 0.3) is 0 Å². The number of rotatable bonds is 38. The first-order valence-corrected chi connectivity index (χ1v) is 45.3. The van der Waals surface area contributed by atoms with E-state index in [1.54, 1.807) is 0 Å². The summed E-state index contributed by atoms with van der Waals surface area (Å²) in [5, 5.41) is 0. The van der Waals surface area contributed by atoms with Crippen molar-refractivity contribution in [3.05, 3.63) is 115 Å². The summed E-state index contributed by atoms with van der Waals surface area (Å²) in [5.74, 6) is 6.20. The van der Waals surface area contributed by atoms with Crippen LogP contribution in [-0.2, 0) is 10.8 Å². The molecule has 28 N–H and O–H groups in total. The van der Waals surface area contributed by atoms with Gasteiger partial charge in [0.2, 0.25) is 13.6 Å². The van der Waals surface area contributed by atoms with Crippen LogP contribution in [0.1, 0.15) is 347 Å². The highest BCUT2D eigenvalue weighted by Gasteiger charge is 2.32. The standard InChI is InChI=1S/C48H79N13O2.C46H75N13O2.CH4/c1-31(49)56-20-10-14-32(15-11-21-57-44(50)51)34-24-36-28-60-40-18-8-9-19-41(40)61-29-37-25-35(33(16-12-22-58-45(52)53)17-13-23-59-46(54)55)27-39(48(5,6)7)43(37)63-30-62-42(36)38(26-34)47(2,3)4;1-29(2)38-24-34(32(12-8-18-54-31(5)47)13-9-19-55-44(48)49)22-36-26-58-40-16-6-7-17-41(40)59-27-37-23-35(25-39(30(3)4)43(37)61-28-60-42(36)38)33(14-10-20-56-45(50)51)15-11-21-57-46(52)53;/h24-29,32-33,40-41H,8-23,30H2,1-7H3,(H2,49,56)(H4,50,51,57)(H4,52,53,58)(H4,54,55,59);22-27,29-30,32-33,40-41H,6-21,28H2,1-5H3,(H2,47,54)(H4,48,49,55)(H4,50,51,56)(H4,52,53,57);1H4. The van der Waals surface area contributed by atoms with Crippen LogP contribution in [0.4, 0.5) is 0 Å². The third-order valence-corrected chi connectivity index (χ3v) is 23.4. The molecule has 2 fully saturated rings. The Kier molecular flexibility index (Phi) is 43.1. The maximum Gasteiger partial charge on any atom is 0.230 e. The van der Waals surface area contributed by atoms with E-state index in [4.69, 9.17) is 119 Å². The summed E-state index contributed by atoms with van der Waals surface area (Å²) in [4.78, 5) is 55.8. The van der Waals surface area contributed by atoms with Gasteiger partial charge < -0.3 is 99.2 Å². The van der Waals surface area contributed by atoms with Crippen LogP contribution in [0.25, 0.3) is 0 Å². The number of fused-ring (bicyclic) bond motifs is 6. The Morgan fingerprint density at radius 3 is 0.736 bits per heavy atom. The molecule has 2 heterocycles. The zero-order valence-electron chi connectivity index (χ0n) is 76.8. The lowest BCUT2D eigenvalue weighted by atomic mass is 9.80. The Morgan fingerprint density at radius 2 is 0.528 bits per heavy atom. The van der Waals surface area contributed by atoms with Gasteiger partial charge in [-0.2, -0.15) is 0 Å². The van der Waals surface area contributed by atoms with Crippen molar-refractivity contribution < 1.29 is 18.9 Å². The highest BCUT2D eigenvalue weighted by Crippen LogP contribution is 2.45. The largest absolute Gasteiger partial charge is 0.457 e. The van der Waals surface area contributed by atoms with Gasteiger partial charge in [0.05, 0.1) is 35.8 Å². The van der Waals surface area contributed by atoms with E-state index >= 15 is 0 Å². The number of nitrogens with zero attached hydrogens (tertiary/aromatic N) is 12. The summed E-state index contributed by atoms with van der Waals surface area (Å²) in [6, 6.07) is 18.3. The average molecular weight is 1730 g/mol. The second-order valence-corrected chi connectivity index (χ2v) is 36.4. The van der Waals surface area contributed by atoms with Crippen molar-refractivity contribution >= 4 is 72.3 Å². The molecular weight excluding hydrogens is 1570 g/mol. The number of ether oxygens (including phenoxy) is 4. The molecule has 692 valence electrons. The van der Waals surface area contributed by atoms with Crippen LogP contribution in [0.5, 0.6) is 23.0 Å². The topological polar surface area (TPSA) is 550 Å². The molecule has 0 spiro atoms. The Balaban J connectivity index is 0.000000383. The molecule has 2 aliphatic carbocycles. The summed E-state index contributed by atoms with van der Waals surface area (Å²) in [6.07, 6.45) is 30.5. The molecular formula is C95H158N26O4. The average Bonchev–Trinajstić information content (AvgIpc) is 1.76. The van der Waals surface area contributed by atoms with Gasteiger partial charge in [-0.1, -0.05) is 127 Å². The number of aliphatic imine (C=N–C) groups is 12. The first-order valence-electron chi connectivity index (χ1n) is 45.3. The molecule has 4 aliphatic rings. The molecule has 4 aromatic rings. The van der Waals surface area contributed by atoms with Gasteiger partial charge >= 0.3 is 0 Å². The van der Waals surface area contributed by atoms with Gasteiger partial charge in [-0.25, -0.2) is 0 Å². The van der Waals surface area contributed by atoms with Crippen LogP contribution in [0.2, 0.25) is 0 Å². The summed E-state index contributed by atoms with van der Waals surface area (Å²) in [6.45, 7) is 30.6. The van der Waals surface area contributed by atoms with Gasteiger partial charge in [-0.3, -0.25) is 59.9 Å². The minimum absolute atomic E-state index is 0. The fourth-order valence-electron chi connectivity index (χ4n) is 16.9. The van der Waals surface area contributed by atoms with Crippen LogP contribution in [0.15, 0.2) is 108 Å². The maximum atomic E-state index is 6.85. The van der Waals surface area contributed by atoms with E-state index in [1.807, 2.05) is 38.7 Å². The molecule has 0 aromatic heterocycles. The summed E-state index contributed by atoms with van der Waals surface area (Å²) in [7, 11) is 0. The zero-order valence-corrected chi connectivity index (χ0v) is 76.8. The highest BCUT2D eigenvalue weighted by molar-refractivity contribution is 5.89. The van der Waals surface area contributed by atoms with E-state index in [1.165, 1.54) is 22.3 Å². The lowest BCUT2D eigenvalue weighted by molar-refractivity contribution is 0.115. The molecule has 8 rings (SSSR count). The molecule has 4 aromatic carbocycles. The molecule has 6 atom stereocenters. The molecule has 0 radical (unpaired) electrons. The number of benzene rings is 4. The Morgan fingerprint density at radius 1 is 0.320 bits per heavy atom. The number of nitrogens with two attached hydrogens (primary N) is 14. The van der Waals surface area contributed by atoms with Gasteiger partial charge in [0, 0.05) is 111 Å². The summed E-state index contributed by atoms with van der Waals surface area (Å²) >= 11 is 0. The predicted molar refractivity (Wildman–Crippen MR) is 526 cm³/mol. The van der Waals surface area contributed by atoms with Crippen LogP contribution in [0, 0.1) is 0 Å².